The predicted molar refractivity (Wildman–Crippen MR) is 132 cm³/mol. The first kappa shape index (κ1) is 27.7. The Bertz CT molecular complexity index is 830. The lowest BCUT2D eigenvalue weighted by molar-refractivity contribution is -0.154. The molecule has 0 saturated carbocycles. The van der Waals surface area contributed by atoms with E-state index in [-0.39, 0.29) is 18.1 Å². The van der Waals surface area contributed by atoms with Crippen LogP contribution in [-0.4, -0.2) is 45.3 Å². The van der Waals surface area contributed by atoms with Crippen LogP contribution in [-0.2, 0) is 14.3 Å². The number of Topliss-reactive ketones (excluding diaryl/α,β-unsaturated/α-hetero) is 1. The Kier molecular flexibility index (Phi) is 10.3. The summed E-state index contributed by atoms with van der Waals surface area (Å²) in [6.07, 6.45) is 4.80. The van der Waals surface area contributed by atoms with Crippen molar-refractivity contribution in [1.82, 2.24) is 4.98 Å². The molecule has 1 fully saturated rings. The number of aromatic nitrogens is 1. The molecule has 33 heavy (non-hydrogen) atoms. The highest BCUT2D eigenvalue weighted by Gasteiger charge is 2.42. The SMILES string of the molecule is C/C(=C\c1csc(C)n1)[C@@H]1CCCCCC[C@H](C)[C@H](O)[C@@H](C)C(=O)C(C)(C)C(O)CC(=O)O1. The summed E-state index contributed by atoms with van der Waals surface area (Å²) in [6, 6.07) is 0. The molecule has 2 heterocycles. The molecule has 0 aromatic carbocycles. The van der Waals surface area contributed by atoms with E-state index in [9.17, 15) is 19.8 Å². The smallest absolute Gasteiger partial charge is 0.309 e. The van der Waals surface area contributed by atoms with E-state index >= 15 is 0 Å². The van der Waals surface area contributed by atoms with Crippen molar-refractivity contribution >= 4 is 29.2 Å². The Balaban J connectivity index is 2.22. The lowest BCUT2D eigenvalue weighted by Crippen LogP contribution is -2.45. The van der Waals surface area contributed by atoms with Crippen LogP contribution in [0.5, 0.6) is 0 Å². The highest BCUT2D eigenvalue weighted by molar-refractivity contribution is 7.09. The van der Waals surface area contributed by atoms with Gasteiger partial charge in [0.25, 0.3) is 0 Å². The number of aliphatic hydroxyl groups is 2. The summed E-state index contributed by atoms with van der Waals surface area (Å²) in [7, 11) is 0. The number of carbonyl (C=O) groups is 2. The molecule has 1 aliphatic rings. The predicted octanol–water partition coefficient (Wildman–Crippen LogP) is 5.10. The van der Waals surface area contributed by atoms with Gasteiger partial charge in [-0.3, -0.25) is 9.59 Å². The maximum atomic E-state index is 13.1. The highest BCUT2D eigenvalue weighted by Crippen LogP contribution is 2.32. The van der Waals surface area contributed by atoms with E-state index in [1.807, 2.05) is 32.2 Å². The zero-order chi connectivity index (χ0) is 24.8. The molecule has 5 atom stereocenters. The minimum Gasteiger partial charge on any atom is -0.458 e. The van der Waals surface area contributed by atoms with Crippen molar-refractivity contribution in [3.05, 3.63) is 21.7 Å². The van der Waals surface area contributed by atoms with Crippen molar-refractivity contribution in [1.29, 1.82) is 0 Å². The minimum absolute atomic E-state index is 0.00532. The number of ether oxygens (including phenoxy) is 1. The summed E-state index contributed by atoms with van der Waals surface area (Å²) >= 11 is 1.57. The number of cyclic esters (lactones) is 1. The van der Waals surface area contributed by atoms with Gasteiger partial charge in [-0.15, -0.1) is 11.3 Å². The molecule has 186 valence electrons. The van der Waals surface area contributed by atoms with Crippen molar-refractivity contribution in [2.45, 2.75) is 105 Å². The van der Waals surface area contributed by atoms with Gasteiger partial charge in [0, 0.05) is 11.3 Å². The van der Waals surface area contributed by atoms with Crippen molar-refractivity contribution < 1.29 is 24.5 Å². The first-order valence-corrected chi connectivity index (χ1v) is 13.0. The number of nitrogens with zero attached hydrogens (tertiary/aromatic N) is 1. The monoisotopic (exact) mass is 479 g/mol. The van der Waals surface area contributed by atoms with Crippen LogP contribution in [0.4, 0.5) is 0 Å². The third kappa shape index (κ3) is 7.72. The number of hydrogen-bond acceptors (Lipinski definition) is 7. The summed E-state index contributed by atoms with van der Waals surface area (Å²) in [6.45, 7) is 10.9. The van der Waals surface area contributed by atoms with E-state index in [0.717, 1.165) is 48.4 Å². The first-order chi connectivity index (χ1) is 15.4. The zero-order valence-corrected chi connectivity index (χ0v) is 21.8. The van der Waals surface area contributed by atoms with E-state index in [4.69, 9.17) is 4.74 Å². The molecular weight excluding hydrogens is 438 g/mol. The highest BCUT2D eigenvalue weighted by atomic mass is 32.1. The lowest BCUT2D eigenvalue weighted by Gasteiger charge is -2.34. The van der Waals surface area contributed by atoms with Gasteiger partial charge in [0.1, 0.15) is 11.9 Å². The molecule has 0 spiro atoms. The molecule has 0 bridgehead atoms. The third-order valence-corrected chi connectivity index (χ3v) is 7.80. The van der Waals surface area contributed by atoms with Gasteiger partial charge in [0.05, 0.1) is 34.7 Å². The number of hydrogen-bond donors (Lipinski definition) is 2. The standard InChI is InChI=1S/C26H41NO5S/c1-16-11-9-7-8-10-12-21(17(2)13-20-15-33-19(4)27-20)32-23(29)14-22(28)26(5,6)25(31)18(3)24(16)30/h13,15-16,18,21-22,24,28,30H,7-12,14H2,1-6H3/b17-13+/t16-,18+,21-,22?,24-/m0/s1. The molecule has 1 aliphatic heterocycles. The second kappa shape index (κ2) is 12.2. The minimum atomic E-state index is -1.19. The molecule has 0 aliphatic carbocycles. The Morgan fingerprint density at radius 3 is 2.39 bits per heavy atom. The van der Waals surface area contributed by atoms with Crippen LogP contribution < -0.4 is 0 Å². The summed E-state index contributed by atoms with van der Waals surface area (Å²) in [5.74, 6) is -1.38. The van der Waals surface area contributed by atoms with Crippen LogP contribution in [0.2, 0.25) is 0 Å². The Hall–Kier alpha value is -1.57. The van der Waals surface area contributed by atoms with Crippen LogP contribution in [0.15, 0.2) is 11.0 Å². The van der Waals surface area contributed by atoms with Crippen molar-refractivity contribution in [3.63, 3.8) is 0 Å². The number of aliphatic hydroxyl groups excluding tert-OH is 2. The number of carbonyl (C=O) groups excluding carboxylic acids is 2. The second-order valence-corrected chi connectivity index (χ2v) is 11.3. The van der Waals surface area contributed by atoms with Crippen molar-refractivity contribution in [2.24, 2.45) is 17.3 Å². The summed E-state index contributed by atoms with van der Waals surface area (Å²) < 4.78 is 5.80. The third-order valence-electron chi connectivity index (χ3n) is 7.01. The van der Waals surface area contributed by atoms with Crippen LogP contribution in [0.1, 0.15) is 90.3 Å². The number of thiazole rings is 1. The van der Waals surface area contributed by atoms with E-state index in [2.05, 4.69) is 4.98 Å². The fourth-order valence-electron chi connectivity index (χ4n) is 4.49. The second-order valence-electron chi connectivity index (χ2n) is 10.2. The average Bonchev–Trinajstić information content (AvgIpc) is 3.16. The van der Waals surface area contributed by atoms with Crippen molar-refractivity contribution in [3.8, 4) is 0 Å². The summed E-state index contributed by atoms with van der Waals surface area (Å²) in [5.41, 5.74) is 0.603. The van der Waals surface area contributed by atoms with Crippen molar-refractivity contribution in [2.75, 3.05) is 0 Å². The fourth-order valence-corrected chi connectivity index (χ4v) is 5.06. The molecule has 1 aromatic rings. The molecule has 7 heteroatoms. The molecule has 1 aromatic heterocycles. The van der Waals surface area contributed by atoms with E-state index in [0.29, 0.717) is 6.42 Å². The molecule has 6 nitrogen and oxygen atoms in total. The Labute approximate surface area is 202 Å². The Morgan fingerprint density at radius 2 is 1.79 bits per heavy atom. The number of rotatable bonds is 2. The molecule has 2 rings (SSSR count). The number of esters is 1. The zero-order valence-electron chi connectivity index (χ0n) is 21.0. The molecule has 1 saturated heterocycles. The maximum Gasteiger partial charge on any atom is 0.309 e. The maximum absolute atomic E-state index is 13.1. The lowest BCUT2D eigenvalue weighted by atomic mass is 9.73. The van der Waals surface area contributed by atoms with Gasteiger partial charge in [-0.2, -0.15) is 0 Å². The van der Waals surface area contributed by atoms with Gasteiger partial charge >= 0.3 is 5.97 Å². The van der Waals surface area contributed by atoms with Gasteiger partial charge in [-0.05, 0) is 50.7 Å². The van der Waals surface area contributed by atoms with Gasteiger partial charge in [-0.25, -0.2) is 4.98 Å². The van der Waals surface area contributed by atoms with E-state index in [1.54, 1.807) is 32.1 Å². The first-order valence-electron chi connectivity index (χ1n) is 12.1. The van der Waals surface area contributed by atoms with E-state index < -0.39 is 35.6 Å². The Morgan fingerprint density at radius 1 is 1.15 bits per heavy atom. The quantitative estimate of drug-likeness (QED) is 0.573. The molecular formula is C26H41NO5S. The van der Waals surface area contributed by atoms with Gasteiger partial charge in [0.2, 0.25) is 0 Å². The van der Waals surface area contributed by atoms with E-state index in [1.165, 1.54) is 0 Å². The number of ketones is 1. The largest absolute Gasteiger partial charge is 0.458 e. The fraction of sp³-hybridized carbons (Fsp3) is 0.731. The van der Waals surface area contributed by atoms with Crippen LogP contribution in [0, 0.1) is 24.2 Å². The molecule has 0 amide bonds. The normalized spacial score (nSPS) is 31.3. The summed E-state index contributed by atoms with van der Waals surface area (Å²) in [4.78, 5) is 30.4. The van der Waals surface area contributed by atoms with Gasteiger partial charge in [-0.1, -0.05) is 47.0 Å². The molecule has 2 N–H and O–H groups in total. The van der Waals surface area contributed by atoms with Gasteiger partial charge in [0.15, 0.2) is 0 Å². The average molecular weight is 480 g/mol. The number of aryl methyl sites for hydroxylation is 1. The molecule has 0 radical (unpaired) electrons. The molecule has 1 unspecified atom stereocenters. The van der Waals surface area contributed by atoms with Crippen LogP contribution in [0.3, 0.4) is 0 Å². The topological polar surface area (TPSA) is 96.7 Å². The van der Waals surface area contributed by atoms with Gasteiger partial charge < -0.3 is 14.9 Å². The van der Waals surface area contributed by atoms with Crippen LogP contribution in [0.25, 0.3) is 6.08 Å². The summed E-state index contributed by atoms with van der Waals surface area (Å²) in [5, 5.41) is 24.5. The van der Waals surface area contributed by atoms with Crippen LogP contribution >= 0.6 is 11.3 Å².